The Kier molecular flexibility index (Phi) is 6.56. The van der Waals surface area contributed by atoms with Crippen molar-refractivity contribution in [3.63, 3.8) is 0 Å². The summed E-state index contributed by atoms with van der Waals surface area (Å²) in [5.41, 5.74) is 6.15. The predicted octanol–water partition coefficient (Wildman–Crippen LogP) is 3.91. The molecule has 0 aliphatic heterocycles. The van der Waals surface area contributed by atoms with Crippen LogP contribution in [0.4, 0.5) is 15.2 Å². The molecule has 10 heteroatoms. The molecule has 0 amide bonds. The van der Waals surface area contributed by atoms with Crippen LogP contribution in [-0.2, 0) is 10.0 Å². The van der Waals surface area contributed by atoms with E-state index in [9.17, 15) is 12.8 Å². The molecular formula is C17H22ClFN4O2S2. The van der Waals surface area contributed by atoms with Crippen molar-refractivity contribution < 1.29 is 12.8 Å². The van der Waals surface area contributed by atoms with Gasteiger partial charge in [-0.25, -0.2) is 17.8 Å². The van der Waals surface area contributed by atoms with Crippen molar-refractivity contribution in [2.75, 3.05) is 23.1 Å². The van der Waals surface area contributed by atoms with E-state index in [0.29, 0.717) is 30.6 Å². The number of halogens is 2. The fraction of sp³-hybridized carbons (Fsp3) is 0.471. The van der Waals surface area contributed by atoms with E-state index in [4.69, 9.17) is 17.3 Å². The minimum Gasteiger partial charge on any atom is -0.383 e. The zero-order valence-electron chi connectivity index (χ0n) is 14.6. The molecule has 1 heterocycles. The normalized spacial score (nSPS) is 20.4. The molecule has 0 saturated heterocycles. The highest BCUT2D eigenvalue weighted by Crippen LogP contribution is 2.32. The lowest BCUT2D eigenvalue weighted by Crippen LogP contribution is -2.26. The first-order valence-corrected chi connectivity index (χ1v) is 11.5. The van der Waals surface area contributed by atoms with Gasteiger partial charge in [-0.1, -0.05) is 18.0 Å². The first kappa shape index (κ1) is 20.3. The van der Waals surface area contributed by atoms with Gasteiger partial charge in [-0.2, -0.15) is 0 Å². The molecule has 0 spiro atoms. The number of hydrogen-bond acceptors (Lipinski definition) is 6. The van der Waals surface area contributed by atoms with Crippen LogP contribution in [0.15, 0.2) is 28.6 Å². The molecule has 4 N–H and O–H groups in total. The van der Waals surface area contributed by atoms with Gasteiger partial charge in [-0.3, -0.25) is 4.72 Å². The number of nitrogens with one attached hydrogen (secondary N) is 2. The van der Waals surface area contributed by atoms with Gasteiger partial charge in [0.1, 0.15) is 10.7 Å². The number of rotatable bonds is 7. The van der Waals surface area contributed by atoms with Crippen molar-refractivity contribution in [1.82, 2.24) is 4.98 Å². The molecule has 1 saturated carbocycles. The topological polar surface area (TPSA) is 97.1 Å². The fourth-order valence-corrected chi connectivity index (χ4v) is 5.54. The van der Waals surface area contributed by atoms with E-state index < -0.39 is 20.7 Å². The molecule has 148 valence electrons. The molecule has 0 radical (unpaired) electrons. The number of sulfonamides is 1. The number of benzene rings is 1. The van der Waals surface area contributed by atoms with E-state index in [1.54, 1.807) is 5.38 Å². The van der Waals surface area contributed by atoms with Crippen molar-refractivity contribution in [2.24, 2.45) is 17.6 Å². The highest BCUT2D eigenvalue weighted by molar-refractivity contribution is 7.93. The van der Waals surface area contributed by atoms with E-state index >= 15 is 0 Å². The Morgan fingerprint density at radius 3 is 2.81 bits per heavy atom. The second kappa shape index (κ2) is 8.72. The molecular weight excluding hydrogens is 411 g/mol. The van der Waals surface area contributed by atoms with E-state index in [1.165, 1.54) is 6.20 Å². The largest absolute Gasteiger partial charge is 0.383 e. The van der Waals surface area contributed by atoms with Gasteiger partial charge < -0.3 is 11.1 Å². The molecule has 3 rings (SSSR count). The smallest absolute Gasteiger partial charge is 0.266 e. The SMILES string of the molecule is NCC1CCCC(CNc2cc(F)c(S(=O)(=O)Nc3nccs3)cc2Cl)C1. The summed E-state index contributed by atoms with van der Waals surface area (Å²) in [6.45, 7) is 1.34. The number of nitrogens with two attached hydrogens (primary N) is 1. The van der Waals surface area contributed by atoms with Crippen LogP contribution in [0, 0.1) is 17.7 Å². The van der Waals surface area contributed by atoms with Crippen molar-refractivity contribution in [2.45, 2.75) is 30.6 Å². The molecule has 2 aromatic rings. The van der Waals surface area contributed by atoms with Gasteiger partial charge in [0.2, 0.25) is 0 Å². The number of thiazole rings is 1. The third-order valence-corrected chi connectivity index (χ3v) is 7.26. The molecule has 1 aliphatic rings. The van der Waals surface area contributed by atoms with Crippen LogP contribution in [0.25, 0.3) is 0 Å². The second-order valence-electron chi connectivity index (χ2n) is 6.72. The lowest BCUT2D eigenvalue weighted by atomic mass is 9.81. The summed E-state index contributed by atoms with van der Waals surface area (Å²) in [5.74, 6) is 0.109. The summed E-state index contributed by atoms with van der Waals surface area (Å²) >= 11 is 7.31. The quantitative estimate of drug-likeness (QED) is 0.616. The Morgan fingerprint density at radius 2 is 2.11 bits per heavy atom. The van der Waals surface area contributed by atoms with Gasteiger partial charge in [0.15, 0.2) is 5.13 Å². The molecule has 1 fully saturated rings. The van der Waals surface area contributed by atoms with Crippen LogP contribution in [0.1, 0.15) is 25.7 Å². The van der Waals surface area contributed by atoms with Crippen LogP contribution < -0.4 is 15.8 Å². The zero-order chi connectivity index (χ0) is 19.4. The fourth-order valence-electron chi connectivity index (χ4n) is 3.37. The number of nitrogens with zero attached hydrogens (tertiary/aromatic N) is 1. The Labute approximate surface area is 167 Å². The predicted molar refractivity (Wildman–Crippen MR) is 107 cm³/mol. The van der Waals surface area contributed by atoms with Crippen LogP contribution in [-0.4, -0.2) is 26.5 Å². The first-order chi connectivity index (χ1) is 12.9. The van der Waals surface area contributed by atoms with E-state index in [2.05, 4.69) is 15.0 Å². The first-order valence-electron chi connectivity index (χ1n) is 8.74. The minimum absolute atomic E-state index is 0.155. The Morgan fingerprint density at radius 1 is 1.33 bits per heavy atom. The Balaban J connectivity index is 1.71. The van der Waals surface area contributed by atoms with Crippen LogP contribution in [0.3, 0.4) is 0 Å². The third kappa shape index (κ3) is 5.10. The Bertz CT molecular complexity index is 877. The summed E-state index contributed by atoms with van der Waals surface area (Å²) in [6, 6.07) is 2.25. The number of aromatic nitrogens is 1. The monoisotopic (exact) mass is 432 g/mol. The van der Waals surface area contributed by atoms with Gasteiger partial charge in [-0.15, -0.1) is 11.3 Å². The summed E-state index contributed by atoms with van der Waals surface area (Å²) in [4.78, 5) is 3.34. The van der Waals surface area contributed by atoms with Gasteiger partial charge in [0.25, 0.3) is 10.0 Å². The lowest BCUT2D eigenvalue weighted by Gasteiger charge is -2.28. The summed E-state index contributed by atoms with van der Waals surface area (Å²) in [6.07, 6.45) is 5.87. The second-order valence-corrected chi connectivity index (χ2v) is 9.67. The zero-order valence-corrected chi connectivity index (χ0v) is 17.0. The van der Waals surface area contributed by atoms with Crippen molar-refractivity contribution >= 4 is 43.8 Å². The van der Waals surface area contributed by atoms with Gasteiger partial charge in [-0.05, 0) is 49.8 Å². The molecule has 2 unspecified atom stereocenters. The average Bonchev–Trinajstić information content (AvgIpc) is 3.14. The van der Waals surface area contributed by atoms with Gasteiger partial charge in [0.05, 0.1) is 10.7 Å². The van der Waals surface area contributed by atoms with E-state index in [1.807, 2.05) is 0 Å². The molecule has 6 nitrogen and oxygen atoms in total. The van der Waals surface area contributed by atoms with Crippen molar-refractivity contribution in [3.05, 3.63) is 34.5 Å². The maximum absolute atomic E-state index is 14.5. The number of anilines is 2. The van der Waals surface area contributed by atoms with Gasteiger partial charge >= 0.3 is 0 Å². The summed E-state index contributed by atoms with van der Waals surface area (Å²) < 4.78 is 41.5. The standard InChI is InChI=1S/C17H22ClFN4O2S2/c18-13-7-16(27(24,25)23-17-21-4-5-26-17)14(19)8-15(13)22-10-12-3-1-2-11(6-12)9-20/h4-5,7-8,11-12,22H,1-3,6,9-10,20H2,(H,21,23). The number of hydrogen-bond donors (Lipinski definition) is 3. The van der Waals surface area contributed by atoms with Crippen molar-refractivity contribution in [1.29, 1.82) is 0 Å². The average molecular weight is 433 g/mol. The maximum atomic E-state index is 14.5. The Hall–Kier alpha value is -1.42. The van der Waals surface area contributed by atoms with Gasteiger partial charge in [0, 0.05) is 18.1 Å². The molecule has 1 aromatic carbocycles. The van der Waals surface area contributed by atoms with Crippen LogP contribution in [0.2, 0.25) is 5.02 Å². The molecule has 0 bridgehead atoms. The summed E-state index contributed by atoms with van der Waals surface area (Å²) in [7, 11) is -4.10. The van der Waals surface area contributed by atoms with Crippen LogP contribution >= 0.6 is 22.9 Å². The molecule has 1 aliphatic carbocycles. The molecule has 2 atom stereocenters. The molecule has 27 heavy (non-hydrogen) atoms. The molecule has 1 aromatic heterocycles. The summed E-state index contributed by atoms with van der Waals surface area (Å²) in [5, 5.41) is 5.09. The highest BCUT2D eigenvalue weighted by atomic mass is 35.5. The minimum atomic E-state index is -4.10. The van der Waals surface area contributed by atoms with E-state index in [-0.39, 0.29) is 10.2 Å². The van der Waals surface area contributed by atoms with Crippen molar-refractivity contribution in [3.8, 4) is 0 Å². The highest BCUT2D eigenvalue weighted by Gasteiger charge is 2.24. The lowest BCUT2D eigenvalue weighted by molar-refractivity contribution is 0.282. The van der Waals surface area contributed by atoms with Crippen LogP contribution in [0.5, 0.6) is 0 Å². The third-order valence-electron chi connectivity index (χ3n) is 4.77. The van der Waals surface area contributed by atoms with E-state index in [0.717, 1.165) is 49.2 Å². The maximum Gasteiger partial charge on any atom is 0.266 e.